The molecule has 0 saturated carbocycles. The lowest BCUT2D eigenvalue weighted by Gasteiger charge is -2.03. The molecule has 1 atom stereocenters. The first-order chi connectivity index (χ1) is 6.58. The maximum atomic E-state index is 11.3. The molecule has 6 heteroatoms. The Morgan fingerprint density at radius 1 is 1.64 bits per heavy atom. The largest absolute Gasteiger partial charge is 0.328 e. The zero-order valence-electron chi connectivity index (χ0n) is 8.28. The van der Waals surface area contributed by atoms with Gasteiger partial charge in [-0.15, -0.1) is 10.2 Å². The number of hydrogen-bond acceptors (Lipinski definition) is 5. The Balaban J connectivity index is 2.34. The lowest BCUT2D eigenvalue weighted by Crippen LogP contribution is -2.19. The van der Waals surface area contributed by atoms with Crippen LogP contribution in [0.15, 0.2) is 0 Å². The van der Waals surface area contributed by atoms with E-state index < -0.39 is 0 Å². The molecule has 1 aromatic heterocycles. The third-order valence-corrected chi connectivity index (χ3v) is 2.35. The average Bonchev–Trinajstić information content (AvgIpc) is 2.48. The Morgan fingerprint density at radius 3 is 2.86 bits per heavy atom. The van der Waals surface area contributed by atoms with E-state index in [1.807, 2.05) is 13.8 Å². The predicted molar refractivity (Wildman–Crippen MR) is 56.2 cm³/mol. The summed E-state index contributed by atoms with van der Waals surface area (Å²) in [7, 11) is 0. The van der Waals surface area contributed by atoms with Crippen molar-refractivity contribution in [2.45, 2.75) is 32.7 Å². The normalized spacial score (nSPS) is 12.5. The topological polar surface area (TPSA) is 80.9 Å². The van der Waals surface area contributed by atoms with Gasteiger partial charge in [-0.25, -0.2) is 0 Å². The van der Waals surface area contributed by atoms with E-state index in [1.54, 1.807) is 0 Å². The second-order valence-electron chi connectivity index (χ2n) is 3.19. The summed E-state index contributed by atoms with van der Waals surface area (Å²) < 4.78 is 0. The molecule has 0 bridgehead atoms. The number of carbonyl (C=O) groups is 1. The van der Waals surface area contributed by atoms with Crippen LogP contribution in [0.3, 0.4) is 0 Å². The first kappa shape index (κ1) is 11.1. The van der Waals surface area contributed by atoms with E-state index in [0.29, 0.717) is 18.0 Å². The molecule has 0 radical (unpaired) electrons. The number of anilines is 1. The van der Waals surface area contributed by atoms with Gasteiger partial charge in [0.05, 0.1) is 0 Å². The molecule has 78 valence electrons. The smallest absolute Gasteiger partial charge is 0.226 e. The van der Waals surface area contributed by atoms with Crippen LogP contribution in [0.1, 0.15) is 24.8 Å². The fraction of sp³-hybridized carbons (Fsp3) is 0.625. The highest BCUT2D eigenvalue weighted by Crippen LogP contribution is 2.13. The monoisotopic (exact) mass is 214 g/mol. The highest BCUT2D eigenvalue weighted by atomic mass is 32.1. The van der Waals surface area contributed by atoms with Crippen molar-refractivity contribution in [2.75, 3.05) is 5.32 Å². The highest BCUT2D eigenvalue weighted by Gasteiger charge is 2.06. The number of nitrogens with zero attached hydrogens (tertiary/aromatic N) is 2. The van der Waals surface area contributed by atoms with E-state index in [2.05, 4.69) is 15.5 Å². The number of nitrogens with two attached hydrogens (primary N) is 1. The SMILES string of the molecule is Cc1nnc(NC(=O)CCC(C)N)s1. The maximum Gasteiger partial charge on any atom is 0.226 e. The molecule has 0 fully saturated rings. The first-order valence-corrected chi connectivity index (χ1v) is 5.25. The summed E-state index contributed by atoms with van der Waals surface area (Å²) in [4.78, 5) is 11.3. The number of hydrogen-bond donors (Lipinski definition) is 2. The minimum absolute atomic E-state index is 0.0527. The van der Waals surface area contributed by atoms with Crippen molar-refractivity contribution in [3.63, 3.8) is 0 Å². The van der Waals surface area contributed by atoms with Crippen molar-refractivity contribution in [3.8, 4) is 0 Å². The van der Waals surface area contributed by atoms with Gasteiger partial charge in [0.1, 0.15) is 5.01 Å². The van der Waals surface area contributed by atoms with Gasteiger partial charge in [-0.3, -0.25) is 4.79 Å². The number of nitrogens with one attached hydrogen (secondary N) is 1. The molecule has 0 aliphatic heterocycles. The third-order valence-electron chi connectivity index (χ3n) is 1.60. The molecular weight excluding hydrogens is 200 g/mol. The van der Waals surface area contributed by atoms with Crippen LogP contribution in [0.5, 0.6) is 0 Å². The summed E-state index contributed by atoms with van der Waals surface area (Å²) in [6, 6.07) is 0.0527. The Labute approximate surface area is 86.7 Å². The summed E-state index contributed by atoms with van der Waals surface area (Å²) in [6.45, 7) is 3.72. The molecule has 1 amide bonds. The van der Waals surface area contributed by atoms with E-state index in [1.165, 1.54) is 11.3 Å². The molecule has 0 aliphatic rings. The molecule has 3 N–H and O–H groups in total. The second-order valence-corrected chi connectivity index (χ2v) is 4.37. The van der Waals surface area contributed by atoms with Crippen molar-refractivity contribution >= 4 is 22.4 Å². The van der Waals surface area contributed by atoms with Gasteiger partial charge in [0, 0.05) is 12.5 Å². The second kappa shape index (κ2) is 5.02. The van der Waals surface area contributed by atoms with Gasteiger partial charge in [0.25, 0.3) is 0 Å². The summed E-state index contributed by atoms with van der Waals surface area (Å²) in [5.74, 6) is -0.0570. The van der Waals surface area contributed by atoms with Gasteiger partial charge in [-0.2, -0.15) is 0 Å². The quantitative estimate of drug-likeness (QED) is 0.780. The van der Waals surface area contributed by atoms with Crippen LogP contribution in [0, 0.1) is 6.92 Å². The van der Waals surface area contributed by atoms with E-state index in [0.717, 1.165) is 5.01 Å². The summed E-state index contributed by atoms with van der Waals surface area (Å²) >= 11 is 1.36. The molecular formula is C8H14N4OS. The lowest BCUT2D eigenvalue weighted by atomic mass is 10.2. The fourth-order valence-electron chi connectivity index (χ4n) is 0.888. The van der Waals surface area contributed by atoms with E-state index in [-0.39, 0.29) is 11.9 Å². The van der Waals surface area contributed by atoms with Gasteiger partial charge >= 0.3 is 0 Å². The molecule has 1 unspecified atom stereocenters. The third kappa shape index (κ3) is 3.80. The van der Waals surface area contributed by atoms with Gasteiger partial charge in [-0.05, 0) is 20.3 Å². The van der Waals surface area contributed by atoms with Crippen molar-refractivity contribution in [2.24, 2.45) is 5.73 Å². The van der Waals surface area contributed by atoms with Crippen molar-refractivity contribution in [1.29, 1.82) is 0 Å². The molecule has 0 saturated heterocycles. The zero-order chi connectivity index (χ0) is 10.6. The number of aryl methyl sites for hydroxylation is 1. The number of amides is 1. The Morgan fingerprint density at radius 2 is 2.36 bits per heavy atom. The Kier molecular flexibility index (Phi) is 3.97. The maximum absolute atomic E-state index is 11.3. The van der Waals surface area contributed by atoms with Crippen LogP contribution in [0.2, 0.25) is 0 Å². The van der Waals surface area contributed by atoms with Crippen molar-refractivity contribution in [1.82, 2.24) is 10.2 Å². The predicted octanol–water partition coefficient (Wildman–Crippen LogP) is 0.912. The lowest BCUT2D eigenvalue weighted by molar-refractivity contribution is -0.116. The number of carbonyl (C=O) groups excluding carboxylic acids is 1. The molecule has 0 aliphatic carbocycles. The van der Waals surface area contributed by atoms with Gasteiger partial charge in [0.2, 0.25) is 11.0 Å². The van der Waals surface area contributed by atoms with Crippen LogP contribution in [0.4, 0.5) is 5.13 Å². The zero-order valence-corrected chi connectivity index (χ0v) is 9.10. The van der Waals surface area contributed by atoms with Crippen LogP contribution in [0.25, 0.3) is 0 Å². The average molecular weight is 214 g/mol. The van der Waals surface area contributed by atoms with E-state index in [4.69, 9.17) is 5.73 Å². The van der Waals surface area contributed by atoms with Crippen LogP contribution in [-0.2, 0) is 4.79 Å². The van der Waals surface area contributed by atoms with Crippen molar-refractivity contribution < 1.29 is 4.79 Å². The summed E-state index contributed by atoms with van der Waals surface area (Å²) in [5, 5.41) is 11.6. The highest BCUT2D eigenvalue weighted by molar-refractivity contribution is 7.15. The fourth-order valence-corrected chi connectivity index (χ4v) is 1.50. The van der Waals surface area contributed by atoms with Gasteiger partial charge in [0.15, 0.2) is 0 Å². The van der Waals surface area contributed by atoms with Gasteiger partial charge < -0.3 is 11.1 Å². The minimum Gasteiger partial charge on any atom is -0.328 e. The first-order valence-electron chi connectivity index (χ1n) is 4.43. The summed E-state index contributed by atoms with van der Waals surface area (Å²) in [6.07, 6.45) is 1.11. The van der Waals surface area contributed by atoms with Crippen LogP contribution < -0.4 is 11.1 Å². The molecule has 5 nitrogen and oxygen atoms in total. The minimum atomic E-state index is -0.0570. The molecule has 14 heavy (non-hydrogen) atoms. The molecule has 0 aromatic carbocycles. The van der Waals surface area contributed by atoms with E-state index >= 15 is 0 Å². The van der Waals surface area contributed by atoms with Crippen LogP contribution >= 0.6 is 11.3 Å². The van der Waals surface area contributed by atoms with Crippen molar-refractivity contribution in [3.05, 3.63) is 5.01 Å². The molecule has 1 aromatic rings. The number of rotatable bonds is 4. The summed E-state index contributed by atoms with van der Waals surface area (Å²) in [5.41, 5.74) is 5.53. The standard InChI is InChI=1S/C8H14N4OS/c1-5(9)3-4-7(13)10-8-12-11-6(2)14-8/h5H,3-4,9H2,1-2H3,(H,10,12,13). The van der Waals surface area contributed by atoms with E-state index in [9.17, 15) is 4.79 Å². The molecule has 0 spiro atoms. The van der Waals surface area contributed by atoms with Gasteiger partial charge in [-0.1, -0.05) is 11.3 Å². The molecule has 1 rings (SSSR count). The molecule has 1 heterocycles. The van der Waals surface area contributed by atoms with Crippen LogP contribution in [-0.4, -0.2) is 22.1 Å². The Hall–Kier alpha value is -1.01. The number of aromatic nitrogens is 2. The Bertz CT molecular complexity index is 310.